The molecule has 0 spiro atoms. The van der Waals surface area contributed by atoms with Gasteiger partial charge < -0.3 is 4.42 Å². The van der Waals surface area contributed by atoms with Crippen molar-refractivity contribution in [1.82, 2.24) is 0 Å². The van der Waals surface area contributed by atoms with Gasteiger partial charge in [0.25, 0.3) is 0 Å². The fraction of sp³-hybridized carbons (Fsp3) is 0. The molecule has 0 bridgehead atoms. The monoisotopic (exact) mass is 744 g/mol. The number of rotatable bonds is 3. The molecule has 0 radical (unpaired) electrons. The standard InChI is InChI=1S/C56H28N2O/c57-29-31-18-22-33(23-19-31)49-46-28-45-36-9-2-1-8-35(36)38-11-5-14-42(52(38)45)54(46)50(34-24-20-32(30-58)21-25-34)56-43-15-6-12-39-37(26-27-44(51(39)43)55(49)56)40-13-7-17-48-53(40)41-10-3-4-16-47(41)59-48/h1-28H. The molecular formula is C56H28N2O. The Kier molecular flexibility index (Phi) is 6.30. The van der Waals surface area contributed by atoms with Crippen LogP contribution in [0.1, 0.15) is 11.1 Å². The van der Waals surface area contributed by atoms with E-state index in [-0.39, 0.29) is 0 Å². The summed E-state index contributed by atoms with van der Waals surface area (Å²) in [5, 5.41) is 38.9. The van der Waals surface area contributed by atoms with E-state index in [1.54, 1.807) is 0 Å². The van der Waals surface area contributed by atoms with Crippen molar-refractivity contribution in [2.24, 2.45) is 0 Å². The molecule has 0 aliphatic heterocycles. The quantitative estimate of drug-likeness (QED) is 0.169. The van der Waals surface area contributed by atoms with Gasteiger partial charge in [0.2, 0.25) is 0 Å². The summed E-state index contributed by atoms with van der Waals surface area (Å²) in [7, 11) is 0. The predicted molar refractivity (Wildman–Crippen MR) is 244 cm³/mol. The number of furan rings is 1. The van der Waals surface area contributed by atoms with Crippen LogP contribution < -0.4 is 0 Å². The summed E-state index contributed by atoms with van der Waals surface area (Å²) in [6.07, 6.45) is 0. The molecule has 0 N–H and O–H groups in total. The van der Waals surface area contributed by atoms with Gasteiger partial charge in [-0.25, -0.2) is 0 Å². The molecule has 0 aliphatic carbocycles. The molecule has 1 aromatic heterocycles. The summed E-state index contributed by atoms with van der Waals surface area (Å²) < 4.78 is 6.38. The number of benzene rings is 10. The van der Waals surface area contributed by atoms with Gasteiger partial charge in [-0.1, -0.05) is 127 Å². The molecule has 0 saturated heterocycles. The van der Waals surface area contributed by atoms with Crippen LogP contribution in [0.25, 0.3) is 131 Å². The van der Waals surface area contributed by atoms with Gasteiger partial charge in [-0.05, 0) is 151 Å². The third-order valence-corrected chi connectivity index (χ3v) is 12.8. The fourth-order valence-electron chi connectivity index (χ4n) is 10.5. The average molecular weight is 745 g/mol. The molecule has 0 saturated carbocycles. The van der Waals surface area contributed by atoms with Gasteiger partial charge in [-0.3, -0.25) is 0 Å². The lowest BCUT2D eigenvalue weighted by Gasteiger charge is -2.19. The van der Waals surface area contributed by atoms with E-state index >= 15 is 0 Å². The zero-order valence-electron chi connectivity index (χ0n) is 31.5. The molecule has 0 fully saturated rings. The van der Waals surface area contributed by atoms with E-state index in [4.69, 9.17) is 4.42 Å². The highest BCUT2D eigenvalue weighted by molar-refractivity contribution is 6.45. The molecule has 0 atom stereocenters. The van der Waals surface area contributed by atoms with Gasteiger partial charge in [0.1, 0.15) is 11.2 Å². The zero-order chi connectivity index (χ0) is 38.9. The van der Waals surface area contributed by atoms with E-state index in [9.17, 15) is 10.5 Å². The van der Waals surface area contributed by atoms with Crippen molar-refractivity contribution in [2.75, 3.05) is 0 Å². The largest absolute Gasteiger partial charge is 0.456 e. The van der Waals surface area contributed by atoms with Gasteiger partial charge in [0.15, 0.2) is 0 Å². The summed E-state index contributed by atoms with van der Waals surface area (Å²) in [6.45, 7) is 0. The highest BCUT2D eigenvalue weighted by atomic mass is 16.3. The normalized spacial score (nSPS) is 12.0. The molecule has 0 unspecified atom stereocenters. The summed E-state index contributed by atoms with van der Waals surface area (Å²) in [5.74, 6) is 0. The smallest absolute Gasteiger partial charge is 0.136 e. The molecule has 12 aromatic carbocycles. The van der Waals surface area contributed by atoms with Gasteiger partial charge in [0, 0.05) is 10.8 Å². The predicted octanol–water partition coefficient (Wildman–Crippen LogP) is 15.3. The lowest BCUT2D eigenvalue weighted by molar-refractivity contribution is 0.669. The lowest BCUT2D eigenvalue weighted by Crippen LogP contribution is -1.91. The first-order valence-corrected chi connectivity index (χ1v) is 19.9. The van der Waals surface area contributed by atoms with Gasteiger partial charge >= 0.3 is 0 Å². The number of nitrogens with zero attached hydrogens (tertiary/aromatic N) is 2. The first-order chi connectivity index (χ1) is 29.2. The van der Waals surface area contributed by atoms with Crippen molar-refractivity contribution in [2.45, 2.75) is 0 Å². The molecule has 0 aliphatic rings. The maximum atomic E-state index is 9.90. The van der Waals surface area contributed by atoms with Crippen molar-refractivity contribution in [3.05, 3.63) is 181 Å². The van der Waals surface area contributed by atoms with Gasteiger partial charge in [-0.2, -0.15) is 10.5 Å². The second-order valence-corrected chi connectivity index (χ2v) is 15.7. The van der Waals surface area contributed by atoms with Crippen LogP contribution in [0.5, 0.6) is 0 Å². The van der Waals surface area contributed by atoms with Crippen LogP contribution in [0.2, 0.25) is 0 Å². The molecule has 3 nitrogen and oxygen atoms in total. The summed E-state index contributed by atoms with van der Waals surface area (Å²) in [5.41, 5.74) is 9.73. The van der Waals surface area contributed by atoms with Crippen LogP contribution in [0.15, 0.2) is 174 Å². The Morgan fingerprint density at radius 3 is 1.56 bits per heavy atom. The minimum absolute atomic E-state index is 0.627. The van der Waals surface area contributed by atoms with Crippen molar-refractivity contribution < 1.29 is 4.42 Å². The second-order valence-electron chi connectivity index (χ2n) is 15.7. The summed E-state index contributed by atoms with van der Waals surface area (Å²) >= 11 is 0. The van der Waals surface area contributed by atoms with Crippen LogP contribution in [-0.2, 0) is 0 Å². The van der Waals surface area contributed by atoms with E-state index in [0.717, 1.165) is 60.7 Å². The molecule has 0 amide bonds. The molecule has 1 heterocycles. The average Bonchev–Trinajstić information content (AvgIpc) is 3.95. The number of hydrogen-bond donors (Lipinski definition) is 0. The minimum Gasteiger partial charge on any atom is -0.456 e. The molecule has 13 aromatic rings. The van der Waals surface area contributed by atoms with Gasteiger partial charge in [-0.15, -0.1) is 0 Å². The first kappa shape index (κ1) is 31.9. The van der Waals surface area contributed by atoms with E-state index in [1.165, 1.54) is 70.0 Å². The Morgan fingerprint density at radius 1 is 0.305 bits per heavy atom. The SMILES string of the molecule is N#Cc1ccc(-c2c3cc4c5ccccc5c5cccc(c3c(-c3ccc(C#N)cc3)c3c6cccc7c(-c8cccc9oc%10ccccc%10c89)ccc(c23)c76)c54)cc1. The molecule has 13 rings (SSSR count). The number of hydrogen-bond acceptors (Lipinski definition) is 3. The van der Waals surface area contributed by atoms with Crippen LogP contribution in [-0.4, -0.2) is 0 Å². The first-order valence-electron chi connectivity index (χ1n) is 19.9. The molecule has 59 heavy (non-hydrogen) atoms. The Bertz CT molecular complexity index is 4010. The Morgan fingerprint density at radius 2 is 0.831 bits per heavy atom. The molecular weight excluding hydrogens is 717 g/mol. The number of para-hydroxylation sites is 1. The maximum absolute atomic E-state index is 9.90. The third-order valence-electron chi connectivity index (χ3n) is 12.8. The number of fused-ring (bicyclic) bond motifs is 11. The summed E-state index contributed by atoms with van der Waals surface area (Å²) in [6, 6.07) is 64.8. The van der Waals surface area contributed by atoms with Crippen LogP contribution in [0.4, 0.5) is 0 Å². The van der Waals surface area contributed by atoms with E-state index < -0.39 is 0 Å². The van der Waals surface area contributed by atoms with E-state index in [0.29, 0.717) is 11.1 Å². The van der Waals surface area contributed by atoms with Crippen molar-refractivity contribution >= 4 is 97.3 Å². The molecule has 3 heteroatoms. The highest BCUT2D eigenvalue weighted by Gasteiger charge is 2.27. The van der Waals surface area contributed by atoms with Crippen LogP contribution in [0, 0.1) is 22.7 Å². The Labute approximate surface area is 337 Å². The number of nitriles is 2. The van der Waals surface area contributed by atoms with Crippen molar-refractivity contribution in [3.8, 4) is 45.5 Å². The van der Waals surface area contributed by atoms with Crippen LogP contribution in [0.3, 0.4) is 0 Å². The van der Waals surface area contributed by atoms with Gasteiger partial charge in [0.05, 0.1) is 23.3 Å². The fourth-order valence-corrected chi connectivity index (χ4v) is 10.5. The Balaban J connectivity index is 1.28. The molecule has 268 valence electrons. The van der Waals surface area contributed by atoms with E-state index in [1.807, 2.05) is 36.4 Å². The minimum atomic E-state index is 0.627. The Hall–Kier alpha value is -8.24. The second kappa shape index (κ2) is 11.7. The zero-order valence-corrected chi connectivity index (χ0v) is 31.5. The van der Waals surface area contributed by atoms with Crippen molar-refractivity contribution in [3.63, 3.8) is 0 Å². The third kappa shape index (κ3) is 4.18. The van der Waals surface area contributed by atoms with Crippen molar-refractivity contribution in [1.29, 1.82) is 10.5 Å². The van der Waals surface area contributed by atoms with E-state index in [2.05, 4.69) is 146 Å². The van der Waals surface area contributed by atoms with Crippen LogP contribution >= 0.6 is 0 Å². The lowest BCUT2D eigenvalue weighted by atomic mass is 9.83. The highest BCUT2D eigenvalue weighted by Crippen LogP contribution is 2.55. The topological polar surface area (TPSA) is 60.7 Å². The maximum Gasteiger partial charge on any atom is 0.136 e. The summed E-state index contributed by atoms with van der Waals surface area (Å²) in [4.78, 5) is 0.